The average molecular weight is 406 g/mol. The first kappa shape index (κ1) is 20.6. The molecule has 0 radical (unpaired) electrons. The maximum absolute atomic E-state index is 13.0. The lowest BCUT2D eigenvalue weighted by Gasteiger charge is -2.44. The molecule has 10 nitrogen and oxygen atoms in total. The molecule has 5 atom stereocenters. The number of para-hydroxylation sites is 1. The Kier molecular flexibility index (Phi) is 6.02. The minimum atomic E-state index is -1.17. The van der Waals surface area contributed by atoms with Crippen LogP contribution in [0.15, 0.2) is 30.3 Å². The fraction of sp³-hybridized carbons (Fsp3) is 0.474. The maximum atomic E-state index is 13.0. The molecule has 2 heterocycles. The second-order valence-electron chi connectivity index (χ2n) is 6.72. The molecule has 2 aliphatic heterocycles. The number of hydrogen-bond acceptors (Lipinski definition) is 8. The van der Waals surface area contributed by atoms with Crippen molar-refractivity contribution in [3.63, 3.8) is 0 Å². The number of hydrogen-bond donors (Lipinski definition) is 1. The Morgan fingerprint density at radius 3 is 2.03 bits per heavy atom. The Bertz CT molecular complexity index is 767. The molecule has 3 rings (SSSR count). The minimum Gasteiger partial charge on any atom is -0.456 e. The third kappa shape index (κ3) is 4.48. The summed E-state index contributed by atoms with van der Waals surface area (Å²) in [6, 6.07) is 7.48. The summed E-state index contributed by atoms with van der Waals surface area (Å²) in [7, 11) is 0. The molecular formula is C19H22N2O8. The van der Waals surface area contributed by atoms with E-state index in [0.717, 1.165) is 0 Å². The van der Waals surface area contributed by atoms with Gasteiger partial charge in [-0.15, -0.1) is 0 Å². The van der Waals surface area contributed by atoms with Gasteiger partial charge in [-0.3, -0.25) is 19.3 Å². The van der Waals surface area contributed by atoms with Crippen LogP contribution in [0.3, 0.4) is 0 Å². The van der Waals surface area contributed by atoms with Gasteiger partial charge in [0.1, 0.15) is 6.04 Å². The number of carbonyl (C=O) groups is 4. The normalized spacial score (nSPS) is 27.7. The van der Waals surface area contributed by atoms with Gasteiger partial charge < -0.3 is 24.3 Å². The second kappa shape index (κ2) is 8.48. The van der Waals surface area contributed by atoms with Crippen molar-refractivity contribution < 1.29 is 38.1 Å². The van der Waals surface area contributed by atoms with E-state index < -0.39 is 54.5 Å². The van der Waals surface area contributed by atoms with Gasteiger partial charge in [-0.2, -0.15) is 0 Å². The van der Waals surface area contributed by atoms with Crippen LogP contribution in [-0.4, -0.2) is 66.0 Å². The molecule has 2 amide bonds. The SMILES string of the molecule is CC(=O)O[C@H]1[C@@H](OC(C)=O)[C@H]2OC[C@@H]([C@H]1OC(C)=O)N2C(=O)Nc1ccccc1. The van der Waals surface area contributed by atoms with Gasteiger partial charge in [0.2, 0.25) is 0 Å². The van der Waals surface area contributed by atoms with E-state index in [1.54, 1.807) is 30.3 Å². The number of carbonyl (C=O) groups excluding carboxylic acids is 4. The van der Waals surface area contributed by atoms with Crippen molar-refractivity contribution in [3.05, 3.63) is 30.3 Å². The Morgan fingerprint density at radius 1 is 0.897 bits per heavy atom. The van der Waals surface area contributed by atoms with Gasteiger partial charge >= 0.3 is 23.9 Å². The summed E-state index contributed by atoms with van der Waals surface area (Å²) in [5.74, 6) is -1.94. The average Bonchev–Trinajstić information content (AvgIpc) is 3.02. The van der Waals surface area contributed by atoms with Gasteiger partial charge in [-0.1, -0.05) is 18.2 Å². The molecule has 156 valence electrons. The Morgan fingerprint density at radius 2 is 1.45 bits per heavy atom. The summed E-state index contributed by atoms with van der Waals surface area (Å²) in [6.07, 6.45) is -4.36. The molecule has 0 spiro atoms. The van der Waals surface area contributed by atoms with Crippen LogP contribution in [0.1, 0.15) is 20.8 Å². The van der Waals surface area contributed by atoms with Crippen LogP contribution in [-0.2, 0) is 33.3 Å². The van der Waals surface area contributed by atoms with Crippen molar-refractivity contribution in [2.24, 2.45) is 0 Å². The van der Waals surface area contributed by atoms with E-state index in [0.29, 0.717) is 5.69 Å². The predicted molar refractivity (Wildman–Crippen MR) is 97.5 cm³/mol. The third-order valence-electron chi connectivity index (χ3n) is 4.54. The van der Waals surface area contributed by atoms with Crippen LogP contribution in [0.2, 0.25) is 0 Å². The van der Waals surface area contributed by atoms with Gasteiger partial charge in [0.25, 0.3) is 0 Å². The first-order valence-corrected chi connectivity index (χ1v) is 9.05. The molecule has 10 heteroatoms. The lowest BCUT2D eigenvalue weighted by molar-refractivity contribution is -0.211. The zero-order valence-corrected chi connectivity index (χ0v) is 16.2. The van der Waals surface area contributed by atoms with Crippen LogP contribution in [0, 0.1) is 0 Å². The molecule has 0 aliphatic carbocycles. The third-order valence-corrected chi connectivity index (χ3v) is 4.54. The molecule has 1 aromatic rings. The molecule has 2 fully saturated rings. The minimum absolute atomic E-state index is 0.0142. The lowest BCUT2D eigenvalue weighted by Crippen LogP contribution is -2.67. The molecule has 29 heavy (non-hydrogen) atoms. The summed E-state index contributed by atoms with van der Waals surface area (Å²) in [5, 5.41) is 2.73. The van der Waals surface area contributed by atoms with Crippen LogP contribution < -0.4 is 5.32 Å². The second-order valence-corrected chi connectivity index (χ2v) is 6.72. The monoisotopic (exact) mass is 406 g/mol. The molecule has 1 aromatic carbocycles. The van der Waals surface area contributed by atoms with Crippen molar-refractivity contribution in [2.45, 2.75) is 51.4 Å². The van der Waals surface area contributed by atoms with Gasteiger partial charge in [0.05, 0.1) is 6.61 Å². The number of amides is 2. The van der Waals surface area contributed by atoms with Crippen LogP contribution in [0.25, 0.3) is 0 Å². The summed E-state index contributed by atoms with van der Waals surface area (Å²) in [4.78, 5) is 49.3. The lowest BCUT2D eigenvalue weighted by atomic mass is 9.94. The molecule has 0 unspecified atom stereocenters. The van der Waals surface area contributed by atoms with E-state index in [9.17, 15) is 19.2 Å². The predicted octanol–water partition coefficient (Wildman–Crippen LogP) is 1.05. The number of anilines is 1. The first-order valence-electron chi connectivity index (χ1n) is 9.05. The summed E-state index contributed by atoms with van der Waals surface area (Å²) in [5.41, 5.74) is 0.548. The number of nitrogens with zero attached hydrogens (tertiary/aromatic N) is 1. The fourth-order valence-electron chi connectivity index (χ4n) is 3.58. The van der Waals surface area contributed by atoms with Crippen molar-refractivity contribution in [1.29, 1.82) is 0 Å². The number of urea groups is 1. The van der Waals surface area contributed by atoms with E-state index in [1.807, 2.05) is 0 Å². The fourth-order valence-corrected chi connectivity index (χ4v) is 3.58. The van der Waals surface area contributed by atoms with Gasteiger partial charge in [0.15, 0.2) is 24.5 Å². The molecule has 0 saturated carbocycles. The van der Waals surface area contributed by atoms with E-state index >= 15 is 0 Å². The van der Waals surface area contributed by atoms with Crippen molar-refractivity contribution in [1.82, 2.24) is 4.90 Å². The summed E-state index contributed by atoms with van der Waals surface area (Å²) in [6.45, 7) is 3.58. The van der Waals surface area contributed by atoms with Gasteiger partial charge in [-0.05, 0) is 12.1 Å². The molecule has 0 aromatic heterocycles. The highest BCUT2D eigenvalue weighted by atomic mass is 16.6. The highest BCUT2D eigenvalue weighted by Gasteiger charge is 2.60. The van der Waals surface area contributed by atoms with E-state index in [-0.39, 0.29) is 6.61 Å². The Balaban J connectivity index is 1.94. The molecule has 1 N–H and O–H groups in total. The van der Waals surface area contributed by atoms with E-state index in [4.69, 9.17) is 18.9 Å². The smallest absolute Gasteiger partial charge is 0.324 e. The molecular weight excluding hydrogens is 384 g/mol. The highest BCUT2D eigenvalue weighted by Crippen LogP contribution is 2.37. The zero-order valence-electron chi connectivity index (χ0n) is 16.2. The largest absolute Gasteiger partial charge is 0.456 e. The van der Waals surface area contributed by atoms with Crippen LogP contribution in [0.4, 0.5) is 10.5 Å². The van der Waals surface area contributed by atoms with Crippen LogP contribution >= 0.6 is 0 Å². The highest BCUT2D eigenvalue weighted by molar-refractivity contribution is 5.90. The molecule has 2 bridgehead atoms. The topological polar surface area (TPSA) is 120 Å². The molecule has 2 aliphatic rings. The Hall–Kier alpha value is -3.14. The summed E-state index contributed by atoms with van der Waals surface area (Å²) >= 11 is 0. The van der Waals surface area contributed by atoms with Crippen molar-refractivity contribution in [2.75, 3.05) is 11.9 Å². The standard InChI is InChI=1S/C19H22N2O8/c1-10(22)27-15-14-9-26-18(17(29-12(3)24)16(15)28-11(2)23)21(14)19(25)20-13-7-5-4-6-8-13/h4-8,14-18H,9H2,1-3H3,(H,20,25)/t14-,15+,16+,17+,18+/m0/s1. The number of piperidine rings is 1. The quantitative estimate of drug-likeness (QED) is 0.582. The van der Waals surface area contributed by atoms with E-state index in [1.165, 1.54) is 25.7 Å². The zero-order chi connectivity index (χ0) is 21.1. The Labute approximate surface area is 167 Å². The van der Waals surface area contributed by atoms with Crippen LogP contribution in [0.5, 0.6) is 0 Å². The first-order chi connectivity index (χ1) is 13.8. The number of benzene rings is 1. The van der Waals surface area contributed by atoms with Gasteiger partial charge in [-0.25, -0.2) is 4.79 Å². The van der Waals surface area contributed by atoms with Crippen molar-refractivity contribution in [3.8, 4) is 0 Å². The maximum Gasteiger partial charge on any atom is 0.324 e. The number of ether oxygens (including phenoxy) is 4. The number of rotatable bonds is 4. The van der Waals surface area contributed by atoms with Gasteiger partial charge in [0, 0.05) is 26.5 Å². The number of esters is 3. The number of fused-ring (bicyclic) bond motifs is 2. The summed E-state index contributed by atoms with van der Waals surface area (Å²) < 4.78 is 21.7. The van der Waals surface area contributed by atoms with Crippen molar-refractivity contribution >= 4 is 29.6 Å². The van der Waals surface area contributed by atoms with E-state index in [2.05, 4.69) is 5.32 Å². The number of nitrogens with one attached hydrogen (secondary N) is 1. The molecule has 2 saturated heterocycles.